The van der Waals surface area contributed by atoms with E-state index in [1.165, 1.54) is 6.26 Å². The number of para-hydroxylation sites is 2. The summed E-state index contributed by atoms with van der Waals surface area (Å²) in [7, 11) is 0. The Hall–Kier alpha value is -4.05. The Balaban J connectivity index is 1.36. The average Bonchev–Trinajstić information content (AvgIpc) is 3.43. The number of hydrogen-bond donors (Lipinski definition) is 1. The molecule has 0 atom stereocenters. The van der Waals surface area contributed by atoms with E-state index in [1.54, 1.807) is 24.7 Å². The molecule has 0 saturated carbocycles. The maximum atomic E-state index is 12.8. The zero-order valence-corrected chi connectivity index (χ0v) is 17.6. The highest BCUT2D eigenvalue weighted by atomic mass is 32.2. The van der Waals surface area contributed by atoms with Crippen LogP contribution in [0.2, 0.25) is 0 Å². The van der Waals surface area contributed by atoms with E-state index in [4.69, 9.17) is 4.42 Å². The number of benzene rings is 1. The normalized spacial score (nSPS) is 11.0. The molecule has 5 rings (SSSR count). The maximum Gasteiger partial charge on any atom is 0.279 e. The molecular formula is C22H17N7O2S. The quantitative estimate of drug-likeness (QED) is 0.378. The standard InChI is InChI=1S/C22H17N7O2S/c30-19(17-14-31-22(27-17)32-21-24-11-5-12-25-21)28-20-26-16-7-1-2-8-18(16)29(20)13-9-15-6-3-4-10-23-15/h1-8,10-12,14H,9,13H2,(H,26,28,30). The summed E-state index contributed by atoms with van der Waals surface area (Å²) in [6.07, 6.45) is 7.03. The zero-order chi connectivity index (χ0) is 21.8. The predicted molar refractivity (Wildman–Crippen MR) is 118 cm³/mol. The van der Waals surface area contributed by atoms with Gasteiger partial charge >= 0.3 is 0 Å². The number of amides is 1. The van der Waals surface area contributed by atoms with Gasteiger partial charge in [-0.25, -0.2) is 15.0 Å². The Bertz CT molecular complexity index is 1350. The summed E-state index contributed by atoms with van der Waals surface area (Å²) in [6, 6.07) is 15.3. The first-order valence-electron chi connectivity index (χ1n) is 9.83. The Morgan fingerprint density at radius 3 is 2.62 bits per heavy atom. The summed E-state index contributed by atoms with van der Waals surface area (Å²) < 4.78 is 7.37. The van der Waals surface area contributed by atoms with Crippen LogP contribution in [0.5, 0.6) is 0 Å². The molecule has 158 valence electrons. The smallest absolute Gasteiger partial charge is 0.279 e. The van der Waals surface area contributed by atoms with Crippen LogP contribution in [0.25, 0.3) is 11.0 Å². The van der Waals surface area contributed by atoms with Crippen molar-refractivity contribution in [3.8, 4) is 0 Å². The van der Waals surface area contributed by atoms with Gasteiger partial charge in [-0.3, -0.25) is 15.1 Å². The lowest BCUT2D eigenvalue weighted by atomic mass is 10.2. The van der Waals surface area contributed by atoms with Crippen molar-refractivity contribution in [3.63, 3.8) is 0 Å². The highest BCUT2D eigenvalue weighted by molar-refractivity contribution is 7.98. The Morgan fingerprint density at radius 1 is 0.969 bits per heavy atom. The van der Waals surface area contributed by atoms with Crippen molar-refractivity contribution in [2.45, 2.75) is 23.3 Å². The summed E-state index contributed by atoms with van der Waals surface area (Å²) in [5.41, 5.74) is 2.83. The number of aromatic nitrogens is 6. The first-order chi connectivity index (χ1) is 15.8. The molecule has 10 heteroatoms. The van der Waals surface area contributed by atoms with E-state index in [9.17, 15) is 4.79 Å². The lowest BCUT2D eigenvalue weighted by molar-refractivity contribution is 0.102. The predicted octanol–water partition coefficient (Wildman–Crippen LogP) is 3.86. The van der Waals surface area contributed by atoms with Crippen LogP contribution in [0.15, 0.2) is 88.2 Å². The van der Waals surface area contributed by atoms with Gasteiger partial charge in [0, 0.05) is 49.0 Å². The van der Waals surface area contributed by atoms with Gasteiger partial charge in [0.25, 0.3) is 11.1 Å². The van der Waals surface area contributed by atoms with Crippen LogP contribution in [0, 0.1) is 0 Å². The van der Waals surface area contributed by atoms with Crippen molar-refractivity contribution in [1.82, 2.24) is 29.5 Å². The Kier molecular flexibility index (Phi) is 5.58. The molecule has 0 unspecified atom stereocenters. The van der Waals surface area contributed by atoms with Crippen LogP contribution in [0.1, 0.15) is 16.2 Å². The van der Waals surface area contributed by atoms with Crippen molar-refractivity contribution in [3.05, 3.63) is 84.8 Å². The van der Waals surface area contributed by atoms with E-state index in [0.717, 1.165) is 28.5 Å². The maximum absolute atomic E-state index is 12.8. The second kappa shape index (κ2) is 8.98. The van der Waals surface area contributed by atoms with Crippen molar-refractivity contribution in [2.75, 3.05) is 5.32 Å². The number of carbonyl (C=O) groups is 1. The highest BCUT2D eigenvalue weighted by Crippen LogP contribution is 2.24. The molecular weight excluding hydrogens is 426 g/mol. The summed E-state index contributed by atoms with van der Waals surface area (Å²) in [4.78, 5) is 34.3. The molecule has 0 spiro atoms. The second-order valence-corrected chi connectivity index (χ2v) is 7.65. The fourth-order valence-corrected chi connectivity index (χ4v) is 3.78. The van der Waals surface area contributed by atoms with E-state index in [1.807, 2.05) is 47.0 Å². The summed E-state index contributed by atoms with van der Waals surface area (Å²) in [5, 5.41) is 3.63. The van der Waals surface area contributed by atoms with Crippen LogP contribution < -0.4 is 5.32 Å². The second-order valence-electron chi connectivity index (χ2n) is 6.73. The number of carbonyl (C=O) groups excluding carboxylic acids is 1. The summed E-state index contributed by atoms with van der Waals surface area (Å²) in [5.74, 6) is 0.0275. The SMILES string of the molecule is O=C(Nc1nc2ccccc2n1CCc1ccccn1)c1coc(Sc2ncccn2)n1. The Labute approximate surface area is 187 Å². The van der Waals surface area contributed by atoms with E-state index < -0.39 is 5.91 Å². The number of fused-ring (bicyclic) bond motifs is 1. The first kappa shape index (κ1) is 19.9. The van der Waals surface area contributed by atoms with Crippen molar-refractivity contribution in [2.24, 2.45) is 0 Å². The van der Waals surface area contributed by atoms with Gasteiger partial charge in [-0.05, 0) is 30.3 Å². The minimum Gasteiger partial charge on any atom is -0.439 e. The van der Waals surface area contributed by atoms with Gasteiger partial charge in [-0.15, -0.1) is 0 Å². The fraction of sp³-hybridized carbons (Fsp3) is 0.0909. The van der Waals surface area contributed by atoms with Gasteiger partial charge in [0.05, 0.1) is 11.0 Å². The lowest BCUT2D eigenvalue weighted by Crippen LogP contribution is -2.17. The molecule has 0 radical (unpaired) electrons. The molecule has 4 aromatic heterocycles. The lowest BCUT2D eigenvalue weighted by Gasteiger charge is -2.09. The molecule has 0 saturated heterocycles. The van der Waals surface area contributed by atoms with Gasteiger partial charge < -0.3 is 8.98 Å². The van der Waals surface area contributed by atoms with E-state index in [2.05, 4.69) is 30.2 Å². The minimum absolute atomic E-state index is 0.145. The van der Waals surface area contributed by atoms with Crippen LogP contribution in [0.3, 0.4) is 0 Å². The number of pyridine rings is 1. The fourth-order valence-electron chi connectivity index (χ4n) is 3.16. The van der Waals surface area contributed by atoms with Gasteiger partial charge in [0.2, 0.25) is 5.95 Å². The third kappa shape index (κ3) is 4.35. The molecule has 1 N–H and O–H groups in total. The molecule has 4 heterocycles. The molecule has 0 bridgehead atoms. The van der Waals surface area contributed by atoms with Crippen molar-refractivity contribution in [1.29, 1.82) is 0 Å². The summed E-state index contributed by atoms with van der Waals surface area (Å²) in [6.45, 7) is 0.610. The van der Waals surface area contributed by atoms with E-state index in [0.29, 0.717) is 24.1 Å². The van der Waals surface area contributed by atoms with Crippen LogP contribution >= 0.6 is 11.8 Å². The van der Waals surface area contributed by atoms with Crippen LogP contribution in [-0.4, -0.2) is 35.4 Å². The largest absolute Gasteiger partial charge is 0.439 e. The number of anilines is 1. The first-order valence-corrected chi connectivity index (χ1v) is 10.6. The average molecular weight is 443 g/mol. The minimum atomic E-state index is -0.413. The van der Waals surface area contributed by atoms with Crippen molar-refractivity contribution >= 4 is 34.7 Å². The number of oxazole rings is 1. The molecule has 5 aromatic rings. The molecule has 9 nitrogen and oxygen atoms in total. The number of aryl methyl sites for hydroxylation is 2. The molecule has 32 heavy (non-hydrogen) atoms. The zero-order valence-electron chi connectivity index (χ0n) is 16.8. The van der Waals surface area contributed by atoms with Crippen LogP contribution in [-0.2, 0) is 13.0 Å². The van der Waals surface area contributed by atoms with Crippen molar-refractivity contribution < 1.29 is 9.21 Å². The third-order valence-corrected chi connectivity index (χ3v) is 5.39. The highest BCUT2D eigenvalue weighted by Gasteiger charge is 2.18. The number of imidazole rings is 1. The van der Waals surface area contributed by atoms with Gasteiger partial charge in [0.15, 0.2) is 10.9 Å². The summed E-state index contributed by atoms with van der Waals surface area (Å²) >= 11 is 1.14. The van der Waals surface area contributed by atoms with E-state index in [-0.39, 0.29) is 10.9 Å². The molecule has 0 aliphatic carbocycles. The number of nitrogens with zero attached hydrogens (tertiary/aromatic N) is 6. The van der Waals surface area contributed by atoms with Gasteiger partial charge in [-0.2, -0.15) is 4.98 Å². The topological polar surface area (TPSA) is 112 Å². The number of rotatable bonds is 7. The van der Waals surface area contributed by atoms with Gasteiger partial charge in [-0.1, -0.05) is 18.2 Å². The molecule has 0 fully saturated rings. The Morgan fingerprint density at radius 2 is 1.78 bits per heavy atom. The molecule has 1 aromatic carbocycles. The third-order valence-electron chi connectivity index (χ3n) is 4.63. The van der Waals surface area contributed by atoms with E-state index >= 15 is 0 Å². The molecule has 1 amide bonds. The number of nitrogens with one attached hydrogen (secondary N) is 1. The number of hydrogen-bond acceptors (Lipinski definition) is 8. The molecule has 0 aliphatic rings. The van der Waals surface area contributed by atoms with Crippen LogP contribution in [0.4, 0.5) is 5.95 Å². The van der Waals surface area contributed by atoms with Gasteiger partial charge in [0.1, 0.15) is 6.26 Å². The monoisotopic (exact) mass is 443 g/mol. The molecule has 0 aliphatic heterocycles.